The van der Waals surface area contributed by atoms with E-state index in [4.69, 9.17) is 10.5 Å². The lowest BCUT2D eigenvalue weighted by Crippen LogP contribution is -2.52. The number of likely N-dealkylation sites (tertiary alicyclic amines) is 1. The van der Waals surface area contributed by atoms with E-state index in [1.54, 1.807) is 17.3 Å². The monoisotopic (exact) mass is 252 g/mol. The number of carbonyl (C=O) groups is 1. The van der Waals surface area contributed by atoms with E-state index in [0.717, 1.165) is 6.54 Å². The minimum absolute atomic E-state index is 0.237. The van der Waals surface area contributed by atoms with Crippen molar-refractivity contribution in [3.8, 4) is 0 Å². The molecule has 0 aromatic carbocycles. The maximum Gasteiger partial charge on any atom is 0.410 e. The first kappa shape index (κ1) is 12.7. The molecule has 0 saturated carbocycles. The van der Waals surface area contributed by atoms with Crippen LogP contribution in [0.25, 0.3) is 0 Å². The molecule has 0 atom stereocenters. The molecule has 2 rings (SSSR count). The van der Waals surface area contributed by atoms with Gasteiger partial charge in [-0.25, -0.2) is 4.79 Å². The lowest BCUT2D eigenvalue weighted by Gasteiger charge is -2.39. The summed E-state index contributed by atoms with van der Waals surface area (Å²) in [6, 6.07) is 0. The highest BCUT2D eigenvalue weighted by atomic mass is 16.6. The SMILES string of the molecule is CC(C)(C)OC(=O)N1CC(Cn2cc(N)cn2)C1. The van der Waals surface area contributed by atoms with E-state index in [1.165, 1.54) is 0 Å². The second-order valence-corrected chi connectivity index (χ2v) is 5.75. The van der Waals surface area contributed by atoms with Crippen molar-refractivity contribution in [2.24, 2.45) is 5.92 Å². The molecule has 1 saturated heterocycles. The van der Waals surface area contributed by atoms with Crippen LogP contribution >= 0.6 is 0 Å². The Kier molecular flexibility index (Phi) is 3.19. The number of carbonyl (C=O) groups excluding carboxylic acids is 1. The first-order valence-electron chi connectivity index (χ1n) is 6.09. The quantitative estimate of drug-likeness (QED) is 0.861. The largest absolute Gasteiger partial charge is 0.444 e. The van der Waals surface area contributed by atoms with Crippen LogP contribution in [0.5, 0.6) is 0 Å². The van der Waals surface area contributed by atoms with E-state index in [-0.39, 0.29) is 6.09 Å². The number of nitrogens with zero attached hydrogens (tertiary/aromatic N) is 3. The molecule has 0 radical (unpaired) electrons. The number of amides is 1. The van der Waals surface area contributed by atoms with E-state index >= 15 is 0 Å². The van der Waals surface area contributed by atoms with Crippen molar-refractivity contribution in [3.05, 3.63) is 12.4 Å². The molecule has 1 amide bonds. The number of nitrogen functional groups attached to an aromatic ring is 1. The van der Waals surface area contributed by atoms with E-state index in [2.05, 4.69) is 5.10 Å². The zero-order chi connectivity index (χ0) is 13.3. The van der Waals surface area contributed by atoms with Gasteiger partial charge in [-0.1, -0.05) is 0 Å². The number of nitrogens with two attached hydrogens (primary N) is 1. The number of hydrogen-bond acceptors (Lipinski definition) is 4. The molecule has 1 aliphatic rings. The summed E-state index contributed by atoms with van der Waals surface area (Å²) in [6.45, 7) is 7.83. The highest BCUT2D eigenvalue weighted by Gasteiger charge is 2.33. The van der Waals surface area contributed by atoms with Gasteiger partial charge in [0.2, 0.25) is 0 Å². The Morgan fingerprint density at radius 3 is 2.72 bits per heavy atom. The van der Waals surface area contributed by atoms with Crippen LogP contribution in [0.3, 0.4) is 0 Å². The molecular formula is C12H20N4O2. The minimum Gasteiger partial charge on any atom is -0.444 e. The molecule has 1 aromatic heterocycles. The third-order valence-electron chi connectivity index (χ3n) is 2.71. The summed E-state index contributed by atoms with van der Waals surface area (Å²) >= 11 is 0. The van der Waals surface area contributed by atoms with Gasteiger partial charge in [0, 0.05) is 31.7 Å². The highest BCUT2D eigenvalue weighted by Crippen LogP contribution is 2.20. The maximum atomic E-state index is 11.7. The predicted molar refractivity (Wildman–Crippen MR) is 67.9 cm³/mol. The Hall–Kier alpha value is -1.72. The number of rotatable bonds is 2. The summed E-state index contributed by atoms with van der Waals surface area (Å²) in [5.74, 6) is 0.428. The van der Waals surface area contributed by atoms with E-state index in [1.807, 2.05) is 25.5 Å². The normalized spacial score (nSPS) is 16.5. The summed E-state index contributed by atoms with van der Waals surface area (Å²) < 4.78 is 7.10. The van der Waals surface area contributed by atoms with Gasteiger partial charge in [0.1, 0.15) is 5.60 Å². The fraction of sp³-hybridized carbons (Fsp3) is 0.667. The molecule has 1 aliphatic heterocycles. The summed E-state index contributed by atoms with van der Waals surface area (Å²) in [5.41, 5.74) is 5.82. The van der Waals surface area contributed by atoms with Crippen molar-refractivity contribution < 1.29 is 9.53 Å². The first-order chi connectivity index (χ1) is 8.33. The zero-order valence-electron chi connectivity index (χ0n) is 11.1. The van der Waals surface area contributed by atoms with Crippen molar-refractivity contribution >= 4 is 11.8 Å². The van der Waals surface area contributed by atoms with Crippen LogP contribution in [0.1, 0.15) is 20.8 Å². The van der Waals surface area contributed by atoms with Crippen LogP contribution in [0, 0.1) is 5.92 Å². The minimum atomic E-state index is -0.432. The van der Waals surface area contributed by atoms with Crippen LogP contribution in [0.4, 0.5) is 10.5 Å². The van der Waals surface area contributed by atoms with Gasteiger partial charge in [0.05, 0.1) is 11.9 Å². The molecule has 0 aliphatic carbocycles. The molecule has 2 heterocycles. The van der Waals surface area contributed by atoms with Gasteiger partial charge in [-0.2, -0.15) is 5.10 Å². The van der Waals surface area contributed by atoms with Crippen molar-refractivity contribution in [2.75, 3.05) is 18.8 Å². The van der Waals surface area contributed by atoms with Crippen LogP contribution in [0.2, 0.25) is 0 Å². The Morgan fingerprint density at radius 2 is 2.22 bits per heavy atom. The van der Waals surface area contributed by atoms with E-state index in [0.29, 0.717) is 24.7 Å². The zero-order valence-corrected chi connectivity index (χ0v) is 11.1. The number of aromatic nitrogens is 2. The van der Waals surface area contributed by atoms with Crippen molar-refractivity contribution in [3.63, 3.8) is 0 Å². The Morgan fingerprint density at radius 1 is 1.56 bits per heavy atom. The highest BCUT2D eigenvalue weighted by molar-refractivity contribution is 5.69. The summed E-state index contributed by atoms with van der Waals surface area (Å²) in [4.78, 5) is 13.4. The second-order valence-electron chi connectivity index (χ2n) is 5.75. The predicted octanol–water partition coefficient (Wildman–Crippen LogP) is 1.33. The second kappa shape index (κ2) is 4.51. The molecule has 6 nitrogen and oxygen atoms in total. The Bertz CT molecular complexity index is 430. The fourth-order valence-electron chi connectivity index (χ4n) is 1.90. The number of anilines is 1. The van der Waals surface area contributed by atoms with Crippen molar-refractivity contribution in [1.82, 2.24) is 14.7 Å². The van der Waals surface area contributed by atoms with Crippen LogP contribution < -0.4 is 5.73 Å². The summed E-state index contributed by atoms with van der Waals surface area (Å²) in [6.07, 6.45) is 3.19. The van der Waals surface area contributed by atoms with Gasteiger partial charge < -0.3 is 15.4 Å². The first-order valence-corrected chi connectivity index (χ1v) is 6.09. The molecule has 6 heteroatoms. The standard InChI is InChI=1S/C12H20N4O2/c1-12(2,3)18-11(17)15-5-9(6-15)7-16-8-10(13)4-14-16/h4,8-9H,5-7,13H2,1-3H3. The lowest BCUT2D eigenvalue weighted by molar-refractivity contribution is -0.00383. The van der Waals surface area contributed by atoms with Gasteiger partial charge in [0.25, 0.3) is 0 Å². The fourth-order valence-corrected chi connectivity index (χ4v) is 1.90. The maximum absolute atomic E-state index is 11.7. The average Bonchev–Trinajstić information content (AvgIpc) is 2.53. The van der Waals surface area contributed by atoms with Crippen molar-refractivity contribution in [1.29, 1.82) is 0 Å². The van der Waals surface area contributed by atoms with Crippen molar-refractivity contribution in [2.45, 2.75) is 32.9 Å². The number of hydrogen-bond donors (Lipinski definition) is 1. The summed E-state index contributed by atoms with van der Waals surface area (Å²) in [5, 5.41) is 4.12. The van der Waals surface area contributed by atoms with Gasteiger partial charge in [0.15, 0.2) is 0 Å². The van der Waals surface area contributed by atoms with Gasteiger partial charge in [-0.3, -0.25) is 4.68 Å². The molecule has 1 fully saturated rings. The summed E-state index contributed by atoms with van der Waals surface area (Å²) in [7, 11) is 0. The third kappa shape index (κ3) is 3.15. The molecular weight excluding hydrogens is 232 g/mol. The average molecular weight is 252 g/mol. The number of ether oxygens (including phenoxy) is 1. The molecule has 1 aromatic rings. The van der Waals surface area contributed by atoms with Gasteiger partial charge in [-0.15, -0.1) is 0 Å². The Balaban J connectivity index is 1.75. The van der Waals surface area contributed by atoms with Gasteiger partial charge >= 0.3 is 6.09 Å². The molecule has 2 N–H and O–H groups in total. The van der Waals surface area contributed by atoms with Crippen LogP contribution in [-0.4, -0.2) is 39.5 Å². The molecule has 0 unspecified atom stereocenters. The molecule has 100 valence electrons. The smallest absolute Gasteiger partial charge is 0.410 e. The van der Waals surface area contributed by atoms with Crippen LogP contribution in [-0.2, 0) is 11.3 Å². The molecule has 18 heavy (non-hydrogen) atoms. The molecule has 0 bridgehead atoms. The van der Waals surface area contributed by atoms with E-state index < -0.39 is 5.60 Å². The third-order valence-corrected chi connectivity index (χ3v) is 2.71. The molecule has 0 spiro atoms. The lowest BCUT2D eigenvalue weighted by atomic mass is 10.0. The Labute approximate surface area is 107 Å². The van der Waals surface area contributed by atoms with Crippen LogP contribution in [0.15, 0.2) is 12.4 Å². The van der Waals surface area contributed by atoms with Gasteiger partial charge in [-0.05, 0) is 20.8 Å². The topological polar surface area (TPSA) is 73.4 Å². The van der Waals surface area contributed by atoms with E-state index in [9.17, 15) is 4.79 Å².